The highest BCUT2D eigenvalue weighted by atomic mass is 16.5. The quantitative estimate of drug-likeness (QED) is 0.647. The number of ether oxygens (including phenoxy) is 2. The van der Waals surface area contributed by atoms with Gasteiger partial charge in [-0.1, -0.05) is 0 Å². The van der Waals surface area contributed by atoms with Crippen molar-refractivity contribution in [3.8, 4) is 5.75 Å². The Bertz CT molecular complexity index is 357. The fourth-order valence-corrected chi connectivity index (χ4v) is 1.23. The molecule has 0 aliphatic rings. The van der Waals surface area contributed by atoms with Crippen LogP contribution in [0.3, 0.4) is 0 Å². The van der Waals surface area contributed by atoms with Crippen LogP contribution in [0.1, 0.15) is 10.4 Å². The van der Waals surface area contributed by atoms with Crippen molar-refractivity contribution >= 4 is 5.91 Å². The molecule has 1 amide bonds. The lowest BCUT2D eigenvalue weighted by Crippen LogP contribution is -2.28. The molecule has 0 aliphatic heterocycles. The number of nitrogens with zero attached hydrogens (tertiary/aromatic N) is 1. The molecule has 94 valence electrons. The molecule has 0 radical (unpaired) electrons. The van der Waals surface area contributed by atoms with Crippen LogP contribution in [0.25, 0.3) is 0 Å². The summed E-state index contributed by atoms with van der Waals surface area (Å²) in [6, 6.07) is 1.59. The van der Waals surface area contributed by atoms with E-state index in [2.05, 4.69) is 10.3 Å². The molecular weight excluding hydrogens is 224 g/mol. The molecule has 1 aromatic rings. The number of amides is 1. The first kappa shape index (κ1) is 13.4. The van der Waals surface area contributed by atoms with Crippen molar-refractivity contribution in [2.45, 2.75) is 0 Å². The van der Waals surface area contributed by atoms with Gasteiger partial charge < -0.3 is 19.9 Å². The third-order valence-electron chi connectivity index (χ3n) is 2.02. The maximum absolute atomic E-state index is 11.7. The van der Waals surface area contributed by atoms with Gasteiger partial charge in [0.25, 0.3) is 5.91 Å². The van der Waals surface area contributed by atoms with E-state index >= 15 is 0 Å². The van der Waals surface area contributed by atoms with Gasteiger partial charge >= 0.3 is 0 Å². The summed E-state index contributed by atoms with van der Waals surface area (Å²) < 4.78 is 10.0. The van der Waals surface area contributed by atoms with Crippen molar-refractivity contribution in [3.63, 3.8) is 0 Å². The minimum atomic E-state index is -0.239. The number of aromatic nitrogens is 1. The minimum Gasteiger partial charge on any atom is -0.494 e. The van der Waals surface area contributed by atoms with Crippen LogP contribution in [-0.4, -0.2) is 49.5 Å². The van der Waals surface area contributed by atoms with E-state index < -0.39 is 0 Å². The Morgan fingerprint density at radius 3 is 3.06 bits per heavy atom. The first-order valence-electron chi connectivity index (χ1n) is 5.24. The molecule has 0 saturated carbocycles. The summed E-state index contributed by atoms with van der Waals surface area (Å²) in [4.78, 5) is 15.6. The number of pyridine rings is 1. The van der Waals surface area contributed by atoms with Crippen molar-refractivity contribution < 1.29 is 19.4 Å². The van der Waals surface area contributed by atoms with Crippen LogP contribution < -0.4 is 10.1 Å². The maximum atomic E-state index is 11.7. The van der Waals surface area contributed by atoms with Crippen LogP contribution in [0, 0.1) is 0 Å². The molecule has 6 heteroatoms. The zero-order valence-electron chi connectivity index (χ0n) is 9.68. The Morgan fingerprint density at radius 1 is 1.53 bits per heavy atom. The summed E-state index contributed by atoms with van der Waals surface area (Å²) in [6.45, 7) is 0.991. The third-order valence-corrected chi connectivity index (χ3v) is 2.02. The number of carbonyl (C=O) groups excluding carboxylic acids is 1. The Kier molecular flexibility index (Phi) is 5.98. The SMILES string of the molecule is COc1cnccc1C(=O)NCCOCCO. The summed E-state index contributed by atoms with van der Waals surface area (Å²) in [6.07, 6.45) is 3.01. The van der Waals surface area contributed by atoms with Gasteiger partial charge in [-0.2, -0.15) is 0 Å². The molecular formula is C11H16N2O4. The summed E-state index contributed by atoms with van der Waals surface area (Å²) in [5.74, 6) is 0.193. The third kappa shape index (κ3) is 4.38. The highest BCUT2D eigenvalue weighted by Gasteiger charge is 2.10. The van der Waals surface area contributed by atoms with Crippen molar-refractivity contribution in [2.75, 3.05) is 33.5 Å². The minimum absolute atomic E-state index is 0.0217. The number of carbonyl (C=O) groups is 1. The van der Waals surface area contributed by atoms with Crippen LogP contribution in [0.2, 0.25) is 0 Å². The Morgan fingerprint density at radius 2 is 2.35 bits per heavy atom. The fraction of sp³-hybridized carbons (Fsp3) is 0.455. The van der Waals surface area contributed by atoms with Gasteiger partial charge in [0.05, 0.1) is 38.7 Å². The monoisotopic (exact) mass is 240 g/mol. The van der Waals surface area contributed by atoms with E-state index in [4.69, 9.17) is 14.6 Å². The van der Waals surface area contributed by atoms with Crippen molar-refractivity contribution in [1.82, 2.24) is 10.3 Å². The molecule has 6 nitrogen and oxygen atoms in total. The van der Waals surface area contributed by atoms with E-state index in [1.54, 1.807) is 6.07 Å². The van der Waals surface area contributed by atoms with E-state index in [0.29, 0.717) is 24.5 Å². The Hall–Kier alpha value is -1.66. The predicted molar refractivity (Wildman–Crippen MR) is 61.0 cm³/mol. The molecule has 0 aliphatic carbocycles. The molecule has 0 unspecified atom stereocenters. The lowest BCUT2D eigenvalue weighted by atomic mass is 10.2. The maximum Gasteiger partial charge on any atom is 0.255 e. The van der Waals surface area contributed by atoms with Crippen molar-refractivity contribution in [3.05, 3.63) is 24.0 Å². The highest BCUT2D eigenvalue weighted by molar-refractivity contribution is 5.96. The molecule has 0 atom stereocenters. The fourth-order valence-electron chi connectivity index (χ4n) is 1.23. The van der Waals surface area contributed by atoms with Crippen molar-refractivity contribution in [1.29, 1.82) is 0 Å². The van der Waals surface area contributed by atoms with Crippen LogP contribution in [0.15, 0.2) is 18.5 Å². The molecule has 1 aromatic heterocycles. The van der Waals surface area contributed by atoms with E-state index in [9.17, 15) is 4.79 Å². The number of methoxy groups -OCH3 is 1. The second kappa shape index (κ2) is 7.59. The highest BCUT2D eigenvalue weighted by Crippen LogP contribution is 2.14. The first-order chi connectivity index (χ1) is 8.29. The van der Waals surface area contributed by atoms with E-state index in [1.165, 1.54) is 19.5 Å². The predicted octanol–water partition coefficient (Wildman–Crippen LogP) is -0.171. The molecule has 0 saturated heterocycles. The average Bonchev–Trinajstić information content (AvgIpc) is 2.38. The number of rotatable bonds is 7. The molecule has 1 rings (SSSR count). The number of aliphatic hydroxyl groups is 1. The number of nitrogens with one attached hydrogen (secondary N) is 1. The number of hydrogen-bond acceptors (Lipinski definition) is 5. The smallest absolute Gasteiger partial charge is 0.255 e. The molecule has 1 heterocycles. The van der Waals surface area contributed by atoms with Gasteiger partial charge in [-0.3, -0.25) is 9.78 Å². The van der Waals surface area contributed by atoms with Gasteiger partial charge in [-0.15, -0.1) is 0 Å². The Balaban J connectivity index is 2.41. The Labute approximate surface area is 99.6 Å². The second-order valence-corrected chi connectivity index (χ2v) is 3.17. The topological polar surface area (TPSA) is 80.7 Å². The summed E-state index contributed by atoms with van der Waals surface area (Å²) in [7, 11) is 1.48. The molecule has 0 fully saturated rings. The largest absolute Gasteiger partial charge is 0.494 e. The number of hydrogen-bond donors (Lipinski definition) is 2. The molecule has 0 spiro atoms. The zero-order chi connectivity index (χ0) is 12.5. The second-order valence-electron chi connectivity index (χ2n) is 3.17. The normalized spacial score (nSPS) is 10.0. The van der Waals surface area contributed by atoms with E-state index in [0.717, 1.165) is 0 Å². The lowest BCUT2D eigenvalue weighted by molar-refractivity contribution is 0.0836. The van der Waals surface area contributed by atoms with Gasteiger partial charge in [0, 0.05) is 12.7 Å². The van der Waals surface area contributed by atoms with Gasteiger partial charge in [0.2, 0.25) is 0 Å². The average molecular weight is 240 g/mol. The van der Waals surface area contributed by atoms with E-state index in [-0.39, 0.29) is 19.1 Å². The molecule has 17 heavy (non-hydrogen) atoms. The number of aliphatic hydroxyl groups excluding tert-OH is 1. The molecule has 2 N–H and O–H groups in total. The van der Waals surface area contributed by atoms with Gasteiger partial charge in [-0.05, 0) is 6.07 Å². The molecule has 0 aromatic carbocycles. The van der Waals surface area contributed by atoms with Crippen LogP contribution in [0.4, 0.5) is 0 Å². The zero-order valence-corrected chi connectivity index (χ0v) is 9.68. The van der Waals surface area contributed by atoms with Crippen LogP contribution in [-0.2, 0) is 4.74 Å². The van der Waals surface area contributed by atoms with Gasteiger partial charge in [-0.25, -0.2) is 0 Å². The first-order valence-corrected chi connectivity index (χ1v) is 5.24. The summed E-state index contributed by atoms with van der Waals surface area (Å²) >= 11 is 0. The van der Waals surface area contributed by atoms with E-state index in [1.807, 2.05) is 0 Å². The summed E-state index contributed by atoms with van der Waals surface area (Å²) in [5, 5.41) is 11.2. The lowest BCUT2D eigenvalue weighted by Gasteiger charge is -2.08. The van der Waals surface area contributed by atoms with Crippen LogP contribution in [0.5, 0.6) is 5.75 Å². The van der Waals surface area contributed by atoms with Gasteiger partial charge in [0.15, 0.2) is 0 Å². The van der Waals surface area contributed by atoms with Crippen molar-refractivity contribution in [2.24, 2.45) is 0 Å². The standard InChI is InChI=1S/C11H16N2O4/c1-16-10-8-12-3-2-9(10)11(15)13-4-6-17-7-5-14/h2-3,8,14H,4-7H2,1H3,(H,13,15). The molecule has 0 bridgehead atoms. The van der Waals surface area contributed by atoms with Gasteiger partial charge in [0.1, 0.15) is 5.75 Å². The summed E-state index contributed by atoms with van der Waals surface area (Å²) in [5.41, 5.74) is 0.435. The van der Waals surface area contributed by atoms with Crippen LogP contribution >= 0.6 is 0 Å².